The van der Waals surface area contributed by atoms with E-state index in [1.807, 2.05) is 29.1 Å². The van der Waals surface area contributed by atoms with Gasteiger partial charge in [-0.15, -0.1) is 5.10 Å². The maximum atomic E-state index is 13.3. The molecule has 5 rings (SSSR count). The number of rotatable bonds is 5. The Hall–Kier alpha value is -2.71. The Morgan fingerprint density at radius 3 is 2.79 bits per heavy atom. The summed E-state index contributed by atoms with van der Waals surface area (Å²) in [5, 5.41) is 12.6. The van der Waals surface area contributed by atoms with E-state index in [0.717, 1.165) is 36.7 Å². The summed E-state index contributed by atoms with van der Waals surface area (Å²) in [6.45, 7) is 4.71. The Labute approximate surface area is 169 Å². The zero-order valence-corrected chi connectivity index (χ0v) is 16.2. The van der Waals surface area contributed by atoms with Crippen LogP contribution in [0.4, 0.5) is 4.39 Å². The number of fused-ring (bicyclic) bond motifs is 1. The molecule has 2 atom stereocenters. The van der Waals surface area contributed by atoms with Crippen LogP contribution in [0.1, 0.15) is 36.0 Å². The second-order valence-electron chi connectivity index (χ2n) is 7.81. The van der Waals surface area contributed by atoms with Gasteiger partial charge in [0.05, 0.1) is 12.2 Å². The molecule has 8 heteroatoms. The van der Waals surface area contributed by atoms with Gasteiger partial charge in [0.2, 0.25) is 0 Å². The number of hydrogen-bond acceptors (Lipinski definition) is 6. The van der Waals surface area contributed by atoms with Gasteiger partial charge in [0.15, 0.2) is 5.82 Å². The highest BCUT2D eigenvalue weighted by molar-refractivity contribution is 5.20. The summed E-state index contributed by atoms with van der Waals surface area (Å²) < 4.78 is 15.1. The van der Waals surface area contributed by atoms with Crippen molar-refractivity contribution in [1.82, 2.24) is 35.0 Å². The molecule has 2 fully saturated rings. The topological polar surface area (TPSA) is 63.0 Å². The lowest BCUT2D eigenvalue weighted by atomic mass is 10.1. The van der Waals surface area contributed by atoms with Crippen LogP contribution >= 0.6 is 0 Å². The Balaban J connectivity index is 1.47. The molecule has 3 aromatic rings. The van der Waals surface area contributed by atoms with Crippen molar-refractivity contribution in [3.8, 4) is 0 Å². The fourth-order valence-corrected chi connectivity index (χ4v) is 4.55. The molecule has 0 bridgehead atoms. The molecule has 0 saturated carbocycles. The largest absolute Gasteiger partial charge is 0.298 e. The number of hydrogen-bond donors (Lipinski definition) is 0. The molecule has 1 aromatic carbocycles. The molecule has 29 heavy (non-hydrogen) atoms. The van der Waals surface area contributed by atoms with Crippen molar-refractivity contribution in [3.63, 3.8) is 0 Å². The molecule has 150 valence electrons. The van der Waals surface area contributed by atoms with E-state index in [2.05, 4.69) is 30.3 Å². The number of piperazine rings is 1. The lowest BCUT2D eigenvalue weighted by Crippen LogP contribution is -2.51. The third-order valence-corrected chi connectivity index (χ3v) is 6.00. The number of halogens is 1. The van der Waals surface area contributed by atoms with Gasteiger partial charge in [-0.1, -0.05) is 18.2 Å². The zero-order valence-electron chi connectivity index (χ0n) is 16.2. The highest BCUT2D eigenvalue weighted by Crippen LogP contribution is 2.31. The molecule has 7 nitrogen and oxygen atoms in total. The van der Waals surface area contributed by atoms with Gasteiger partial charge < -0.3 is 0 Å². The number of aromatic nitrogens is 5. The van der Waals surface area contributed by atoms with Gasteiger partial charge in [0, 0.05) is 31.9 Å². The molecule has 2 aliphatic rings. The lowest BCUT2D eigenvalue weighted by Gasteiger charge is -2.40. The minimum absolute atomic E-state index is 0.102. The van der Waals surface area contributed by atoms with Crippen LogP contribution in [0.3, 0.4) is 0 Å². The summed E-state index contributed by atoms with van der Waals surface area (Å²) in [6, 6.07) is 13.0. The van der Waals surface area contributed by atoms with Crippen molar-refractivity contribution >= 4 is 0 Å². The van der Waals surface area contributed by atoms with Crippen molar-refractivity contribution < 1.29 is 4.39 Å². The van der Waals surface area contributed by atoms with Gasteiger partial charge in [-0.05, 0) is 59.6 Å². The van der Waals surface area contributed by atoms with Gasteiger partial charge >= 0.3 is 0 Å². The maximum Gasteiger partial charge on any atom is 0.174 e. The number of nitrogens with zero attached hydrogens (tertiary/aromatic N) is 7. The van der Waals surface area contributed by atoms with Crippen LogP contribution < -0.4 is 0 Å². The normalized spacial score (nSPS) is 21.2. The van der Waals surface area contributed by atoms with Gasteiger partial charge in [-0.3, -0.25) is 14.8 Å². The standard InChI is InChI=1S/C21H24FN7/c22-17-8-6-16(7-9-17)14-29-21(24-25-26-29)20(19-5-1-2-10-23-19)28-13-12-27-11-3-4-18(27)15-28/h1-2,5-10,18,20H,3-4,11-15H2. The molecular formula is C21H24FN7. The van der Waals surface area contributed by atoms with Gasteiger partial charge in [0.1, 0.15) is 11.9 Å². The molecule has 0 spiro atoms. The number of benzene rings is 1. The Kier molecular flexibility index (Phi) is 5.03. The van der Waals surface area contributed by atoms with Crippen molar-refractivity contribution in [3.05, 3.63) is 71.6 Å². The van der Waals surface area contributed by atoms with E-state index in [1.165, 1.54) is 31.5 Å². The van der Waals surface area contributed by atoms with E-state index in [4.69, 9.17) is 0 Å². The van der Waals surface area contributed by atoms with Crippen molar-refractivity contribution in [1.29, 1.82) is 0 Å². The van der Waals surface area contributed by atoms with Crippen molar-refractivity contribution in [2.45, 2.75) is 31.5 Å². The molecular weight excluding hydrogens is 369 g/mol. The molecule has 2 aliphatic heterocycles. The van der Waals surface area contributed by atoms with E-state index in [0.29, 0.717) is 12.6 Å². The summed E-state index contributed by atoms with van der Waals surface area (Å²) >= 11 is 0. The summed E-state index contributed by atoms with van der Waals surface area (Å²) in [6.07, 6.45) is 4.34. The summed E-state index contributed by atoms with van der Waals surface area (Å²) in [7, 11) is 0. The maximum absolute atomic E-state index is 13.3. The molecule has 0 N–H and O–H groups in total. The second-order valence-corrected chi connectivity index (χ2v) is 7.81. The average molecular weight is 393 g/mol. The van der Waals surface area contributed by atoms with Crippen LogP contribution in [0.15, 0.2) is 48.7 Å². The predicted octanol–water partition coefficient (Wildman–Crippen LogP) is 2.12. The van der Waals surface area contributed by atoms with Crippen LogP contribution in [0, 0.1) is 5.82 Å². The van der Waals surface area contributed by atoms with Gasteiger partial charge in [-0.25, -0.2) is 9.07 Å². The molecule has 4 heterocycles. The third-order valence-electron chi connectivity index (χ3n) is 6.00. The van der Waals surface area contributed by atoms with E-state index in [9.17, 15) is 4.39 Å². The average Bonchev–Trinajstić information content (AvgIpc) is 3.40. The lowest BCUT2D eigenvalue weighted by molar-refractivity contribution is 0.0781. The highest BCUT2D eigenvalue weighted by atomic mass is 19.1. The monoisotopic (exact) mass is 393 g/mol. The van der Waals surface area contributed by atoms with Crippen molar-refractivity contribution in [2.75, 3.05) is 26.2 Å². The Bertz CT molecular complexity index is 943. The Morgan fingerprint density at radius 2 is 1.97 bits per heavy atom. The smallest absolute Gasteiger partial charge is 0.174 e. The van der Waals surface area contributed by atoms with Gasteiger partial charge in [0.25, 0.3) is 0 Å². The predicted molar refractivity (Wildman–Crippen MR) is 106 cm³/mol. The Morgan fingerprint density at radius 1 is 1.07 bits per heavy atom. The summed E-state index contributed by atoms with van der Waals surface area (Å²) in [5.41, 5.74) is 1.91. The zero-order chi connectivity index (χ0) is 19.6. The summed E-state index contributed by atoms with van der Waals surface area (Å²) in [4.78, 5) is 9.69. The van der Waals surface area contributed by atoms with Crippen LogP contribution in [-0.2, 0) is 6.54 Å². The van der Waals surface area contributed by atoms with E-state index in [-0.39, 0.29) is 11.9 Å². The van der Waals surface area contributed by atoms with Crippen LogP contribution in [-0.4, -0.2) is 67.2 Å². The minimum Gasteiger partial charge on any atom is -0.298 e. The van der Waals surface area contributed by atoms with Gasteiger partial charge in [-0.2, -0.15) is 0 Å². The van der Waals surface area contributed by atoms with Crippen LogP contribution in [0.2, 0.25) is 0 Å². The highest BCUT2D eigenvalue weighted by Gasteiger charge is 2.37. The third kappa shape index (κ3) is 3.77. The summed E-state index contributed by atoms with van der Waals surface area (Å²) in [5.74, 6) is 0.533. The first-order chi connectivity index (χ1) is 14.3. The first-order valence-electron chi connectivity index (χ1n) is 10.2. The first-order valence-corrected chi connectivity index (χ1v) is 10.2. The van der Waals surface area contributed by atoms with E-state index in [1.54, 1.807) is 12.1 Å². The van der Waals surface area contributed by atoms with E-state index < -0.39 is 0 Å². The minimum atomic E-state index is -0.244. The van der Waals surface area contributed by atoms with Crippen LogP contribution in [0.25, 0.3) is 0 Å². The molecule has 0 radical (unpaired) electrons. The number of pyridine rings is 1. The number of tetrazole rings is 1. The quantitative estimate of drug-likeness (QED) is 0.662. The molecule has 2 saturated heterocycles. The molecule has 2 unspecified atom stereocenters. The second kappa shape index (κ2) is 7.96. The van der Waals surface area contributed by atoms with Crippen LogP contribution in [0.5, 0.6) is 0 Å². The van der Waals surface area contributed by atoms with E-state index >= 15 is 0 Å². The first kappa shape index (κ1) is 18.3. The molecule has 0 aliphatic carbocycles. The fraction of sp³-hybridized carbons (Fsp3) is 0.429. The van der Waals surface area contributed by atoms with Crippen molar-refractivity contribution in [2.24, 2.45) is 0 Å². The molecule has 0 amide bonds. The SMILES string of the molecule is Fc1ccc(Cn2nnnc2C(c2ccccn2)N2CCN3CCCC3C2)cc1. The molecule has 2 aromatic heterocycles. The fourth-order valence-electron chi connectivity index (χ4n) is 4.55.